The Morgan fingerprint density at radius 1 is 1.62 bits per heavy atom. The van der Waals surface area contributed by atoms with Crippen LogP contribution in [-0.4, -0.2) is 10.7 Å². The lowest BCUT2D eigenvalue weighted by Crippen LogP contribution is -2.27. The van der Waals surface area contributed by atoms with E-state index in [0.717, 1.165) is 12.8 Å². The normalized spacial score (nSPS) is 34.2. The first-order valence-corrected chi connectivity index (χ1v) is 5.26. The number of hydrogen-bond acceptors (Lipinski definition) is 1. The molecule has 0 fully saturated rings. The fraction of sp³-hybridized carbons (Fsp3) is 0.667. The molecule has 2 atom stereocenters. The predicted molar refractivity (Wildman–Crippen MR) is 56.5 cm³/mol. The van der Waals surface area contributed by atoms with Crippen molar-refractivity contribution in [3.05, 3.63) is 24.3 Å². The van der Waals surface area contributed by atoms with Gasteiger partial charge in [-0.25, -0.2) is 0 Å². The Morgan fingerprint density at radius 2 is 2.38 bits per heavy atom. The zero-order valence-corrected chi connectivity index (χ0v) is 8.66. The highest BCUT2D eigenvalue weighted by Gasteiger charge is 2.24. The van der Waals surface area contributed by atoms with Gasteiger partial charge < -0.3 is 5.11 Å². The van der Waals surface area contributed by atoms with E-state index in [0.29, 0.717) is 5.92 Å². The molecule has 1 rings (SSSR count). The molecule has 1 heteroatoms. The maximum Gasteiger partial charge on any atom is 0.101 e. The van der Waals surface area contributed by atoms with Gasteiger partial charge in [0.25, 0.3) is 0 Å². The lowest BCUT2D eigenvalue weighted by atomic mass is 9.83. The largest absolute Gasteiger partial charge is 0.382 e. The van der Waals surface area contributed by atoms with Crippen LogP contribution in [0.3, 0.4) is 0 Å². The van der Waals surface area contributed by atoms with E-state index < -0.39 is 5.60 Å². The van der Waals surface area contributed by atoms with Gasteiger partial charge in [-0.05, 0) is 32.1 Å². The SMILES string of the molecule is C/C=C/C1(O)C=CC(CCC)CC1. The van der Waals surface area contributed by atoms with Crippen LogP contribution in [0.25, 0.3) is 0 Å². The summed E-state index contributed by atoms with van der Waals surface area (Å²) in [5, 5.41) is 9.98. The second-order valence-electron chi connectivity index (χ2n) is 3.94. The maximum absolute atomic E-state index is 9.98. The van der Waals surface area contributed by atoms with Crippen molar-refractivity contribution in [3.63, 3.8) is 0 Å². The van der Waals surface area contributed by atoms with Crippen molar-refractivity contribution in [2.75, 3.05) is 0 Å². The molecule has 74 valence electrons. The molecule has 0 aromatic carbocycles. The molecular formula is C12H20O. The van der Waals surface area contributed by atoms with E-state index in [9.17, 15) is 5.11 Å². The predicted octanol–water partition coefficient (Wildman–Crippen LogP) is 3.06. The lowest BCUT2D eigenvalue weighted by Gasteiger charge is -2.28. The Labute approximate surface area is 81.2 Å². The van der Waals surface area contributed by atoms with Gasteiger partial charge in [0.2, 0.25) is 0 Å². The van der Waals surface area contributed by atoms with Crippen molar-refractivity contribution in [2.24, 2.45) is 5.92 Å². The monoisotopic (exact) mass is 180 g/mol. The van der Waals surface area contributed by atoms with Crippen molar-refractivity contribution >= 4 is 0 Å². The van der Waals surface area contributed by atoms with Crippen molar-refractivity contribution in [1.29, 1.82) is 0 Å². The quantitative estimate of drug-likeness (QED) is 0.662. The van der Waals surface area contributed by atoms with Crippen LogP contribution < -0.4 is 0 Å². The molecule has 0 spiro atoms. The van der Waals surface area contributed by atoms with Gasteiger partial charge in [0.1, 0.15) is 5.60 Å². The van der Waals surface area contributed by atoms with E-state index in [1.54, 1.807) is 0 Å². The van der Waals surface area contributed by atoms with E-state index >= 15 is 0 Å². The molecule has 0 saturated heterocycles. The van der Waals surface area contributed by atoms with Crippen LogP contribution in [0.15, 0.2) is 24.3 Å². The molecular weight excluding hydrogens is 160 g/mol. The first-order chi connectivity index (χ1) is 6.20. The van der Waals surface area contributed by atoms with E-state index in [-0.39, 0.29) is 0 Å². The molecule has 1 nitrogen and oxygen atoms in total. The van der Waals surface area contributed by atoms with Crippen molar-refractivity contribution in [2.45, 2.75) is 45.1 Å². The van der Waals surface area contributed by atoms with Gasteiger partial charge in [-0.1, -0.05) is 37.6 Å². The molecule has 0 radical (unpaired) electrons. The molecule has 2 unspecified atom stereocenters. The van der Waals surface area contributed by atoms with E-state index in [1.165, 1.54) is 12.8 Å². The second kappa shape index (κ2) is 4.61. The van der Waals surface area contributed by atoms with Crippen molar-refractivity contribution in [3.8, 4) is 0 Å². The Morgan fingerprint density at radius 3 is 2.85 bits per heavy atom. The Balaban J connectivity index is 2.55. The van der Waals surface area contributed by atoms with Crippen LogP contribution in [0.5, 0.6) is 0 Å². The third-order valence-corrected chi connectivity index (χ3v) is 2.69. The summed E-state index contributed by atoms with van der Waals surface area (Å²) in [5.74, 6) is 0.690. The smallest absolute Gasteiger partial charge is 0.101 e. The third kappa shape index (κ3) is 3.00. The number of rotatable bonds is 3. The van der Waals surface area contributed by atoms with E-state index in [1.807, 2.05) is 25.2 Å². The Kier molecular flexibility index (Phi) is 3.73. The molecule has 13 heavy (non-hydrogen) atoms. The molecule has 0 aliphatic heterocycles. The molecule has 1 aliphatic rings. The van der Waals surface area contributed by atoms with Gasteiger partial charge in [-0.2, -0.15) is 0 Å². The number of hydrogen-bond donors (Lipinski definition) is 1. The molecule has 0 saturated carbocycles. The fourth-order valence-electron chi connectivity index (χ4n) is 1.94. The zero-order valence-electron chi connectivity index (χ0n) is 8.66. The second-order valence-corrected chi connectivity index (χ2v) is 3.94. The summed E-state index contributed by atoms with van der Waals surface area (Å²) in [4.78, 5) is 0. The minimum Gasteiger partial charge on any atom is -0.382 e. The zero-order chi connectivity index (χ0) is 9.73. The van der Waals surface area contributed by atoms with E-state index in [2.05, 4.69) is 13.0 Å². The van der Waals surface area contributed by atoms with Crippen LogP contribution in [-0.2, 0) is 0 Å². The molecule has 0 aromatic heterocycles. The minimum atomic E-state index is -0.654. The van der Waals surface area contributed by atoms with Crippen molar-refractivity contribution in [1.82, 2.24) is 0 Å². The highest BCUT2D eigenvalue weighted by Crippen LogP contribution is 2.29. The summed E-state index contributed by atoms with van der Waals surface area (Å²) in [5.41, 5.74) is -0.654. The summed E-state index contributed by atoms with van der Waals surface area (Å²) in [6.45, 7) is 4.16. The Hall–Kier alpha value is -0.560. The summed E-state index contributed by atoms with van der Waals surface area (Å²) in [7, 11) is 0. The van der Waals surface area contributed by atoms with Gasteiger partial charge >= 0.3 is 0 Å². The molecule has 0 heterocycles. The standard InChI is InChI=1S/C12H20O/c1-3-5-11-6-9-12(13,8-4-2)10-7-11/h4,6,8-9,11,13H,3,5,7,10H2,1-2H3/b8-4+. The van der Waals surface area contributed by atoms with Gasteiger partial charge in [0.15, 0.2) is 0 Å². The molecule has 1 aliphatic carbocycles. The highest BCUT2D eigenvalue weighted by atomic mass is 16.3. The summed E-state index contributed by atoms with van der Waals surface area (Å²) < 4.78 is 0. The molecule has 0 amide bonds. The maximum atomic E-state index is 9.98. The minimum absolute atomic E-state index is 0.654. The van der Waals surface area contributed by atoms with Gasteiger partial charge in [-0.15, -0.1) is 0 Å². The van der Waals surface area contributed by atoms with Gasteiger partial charge in [0, 0.05) is 0 Å². The average molecular weight is 180 g/mol. The van der Waals surface area contributed by atoms with Gasteiger partial charge in [-0.3, -0.25) is 0 Å². The summed E-state index contributed by atoms with van der Waals surface area (Å²) in [6, 6.07) is 0. The van der Waals surface area contributed by atoms with Crippen LogP contribution in [0, 0.1) is 5.92 Å². The van der Waals surface area contributed by atoms with Crippen LogP contribution in [0.1, 0.15) is 39.5 Å². The van der Waals surface area contributed by atoms with Gasteiger partial charge in [0.05, 0.1) is 0 Å². The van der Waals surface area contributed by atoms with Crippen LogP contribution in [0.2, 0.25) is 0 Å². The first-order valence-electron chi connectivity index (χ1n) is 5.26. The highest BCUT2D eigenvalue weighted by molar-refractivity contribution is 5.17. The first kappa shape index (κ1) is 10.5. The van der Waals surface area contributed by atoms with E-state index in [4.69, 9.17) is 0 Å². The topological polar surface area (TPSA) is 20.2 Å². The molecule has 1 N–H and O–H groups in total. The van der Waals surface area contributed by atoms with Crippen LogP contribution >= 0.6 is 0 Å². The third-order valence-electron chi connectivity index (χ3n) is 2.69. The summed E-state index contributed by atoms with van der Waals surface area (Å²) in [6.07, 6.45) is 12.4. The number of allylic oxidation sites excluding steroid dienone is 2. The summed E-state index contributed by atoms with van der Waals surface area (Å²) >= 11 is 0. The molecule has 0 aromatic rings. The van der Waals surface area contributed by atoms with Crippen LogP contribution in [0.4, 0.5) is 0 Å². The Bertz CT molecular complexity index is 205. The lowest BCUT2D eigenvalue weighted by molar-refractivity contribution is 0.116. The molecule has 0 bridgehead atoms. The fourth-order valence-corrected chi connectivity index (χ4v) is 1.94. The van der Waals surface area contributed by atoms with Crippen molar-refractivity contribution < 1.29 is 5.11 Å². The number of aliphatic hydroxyl groups is 1. The average Bonchev–Trinajstić information content (AvgIpc) is 2.10.